The largest absolute Gasteiger partial charge is 0.480 e. The van der Waals surface area contributed by atoms with Gasteiger partial charge < -0.3 is 40.9 Å². The molecule has 0 fully saturated rings. The van der Waals surface area contributed by atoms with Crippen LogP contribution in [0.5, 0.6) is 0 Å². The lowest BCUT2D eigenvalue weighted by Gasteiger charge is -2.23. The van der Waals surface area contributed by atoms with Gasteiger partial charge in [0, 0.05) is 38.8 Å². The molecule has 16 heteroatoms. The molecular weight excluding hydrogens is 764 g/mol. The molecule has 59 heavy (non-hydrogen) atoms. The number of hydrogen-bond donors (Lipinski definition) is 6. The summed E-state index contributed by atoms with van der Waals surface area (Å²) >= 11 is 0. The molecule has 0 radical (unpaired) electrons. The highest BCUT2D eigenvalue weighted by Crippen LogP contribution is 2.13. The molecule has 0 aliphatic rings. The molecule has 0 spiro atoms. The maximum absolute atomic E-state index is 13.0. The van der Waals surface area contributed by atoms with Gasteiger partial charge in [-0.2, -0.15) is 0 Å². The zero-order valence-corrected chi connectivity index (χ0v) is 36.0. The first kappa shape index (κ1) is 54.8. The molecular formula is C43H76N4O12. The third-order valence-corrected chi connectivity index (χ3v) is 10.3. The van der Waals surface area contributed by atoms with Crippen LogP contribution >= 0.6 is 0 Å². The molecule has 4 amide bonds. The summed E-state index contributed by atoms with van der Waals surface area (Å²) in [6.07, 6.45) is 19.5. The molecule has 340 valence electrons. The Bertz CT molecular complexity index is 1160. The van der Waals surface area contributed by atoms with Crippen LogP contribution in [-0.4, -0.2) is 116 Å². The number of rotatable bonds is 40. The lowest BCUT2D eigenvalue weighted by molar-refractivity contribution is -0.146. The van der Waals surface area contributed by atoms with Crippen molar-refractivity contribution in [3.8, 4) is 0 Å². The second-order valence-corrected chi connectivity index (χ2v) is 15.6. The fourth-order valence-electron chi connectivity index (χ4n) is 6.78. The Hall–Kier alpha value is -4.24. The fraction of sp³-hybridized carbons (Fsp3) is 0.814. The van der Waals surface area contributed by atoms with Crippen molar-refractivity contribution in [3.05, 3.63) is 0 Å². The van der Waals surface area contributed by atoms with Gasteiger partial charge in [0.2, 0.25) is 23.6 Å². The van der Waals surface area contributed by atoms with Crippen molar-refractivity contribution in [2.45, 2.75) is 199 Å². The van der Waals surface area contributed by atoms with E-state index in [-0.39, 0.29) is 51.6 Å². The Labute approximate surface area is 351 Å². The predicted octanol–water partition coefficient (Wildman–Crippen LogP) is 6.52. The van der Waals surface area contributed by atoms with E-state index in [4.69, 9.17) is 0 Å². The third-order valence-electron chi connectivity index (χ3n) is 10.3. The second-order valence-electron chi connectivity index (χ2n) is 15.6. The van der Waals surface area contributed by atoms with Crippen LogP contribution in [0.15, 0.2) is 0 Å². The van der Waals surface area contributed by atoms with E-state index in [1.807, 2.05) is 0 Å². The number of carboxylic acids is 4. The Kier molecular flexibility index (Phi) is 33.1. The molecule has 0 heterocycles. The number of aliphatic carboxylic acids is 4. The minimum Gasteiger partial charge on any atom is -0.480 e. The number of hydrogen-bond acceptors (Lipinski definition) is 8. The van der Waals surface area contributed by atoms with Crippen molar-refractivity contribution in [2.24, 2.45) is 0 Å². The molecule has 16 nitrogen and oxygen atoms in total. The first-order valence-corrected chi connectivity index (χ1v) is 22.2. The van der Waals surface area contributed by atoms with Gasteiger partial charge in [0.05, 0.1) is 0 Å². The number of nitrogens with zero attached hydrogens (tertiary/aromatic N) is 2. The van der Waals surface area contributed by atoms with Crippen molar-refractivity contribution >= 4 is 47.5 Å². The first-order valence-electron chi connectivity index (χ1n) is 22.2. The smallest absolute Gasteiger partial charge is 0.326 e. The predicted molar refractivity (Wildman–Crippen MR) is 224 cm³/mol. The molecule has 0 aromatic heterocycles. The molecule has 0 aliphatic heterocycles. The summed E-state index contributed by atoms with van der Waals surface area (Å²) in [5, 5.41) is 43.0. The van der Waals surface area contributed by atoms with Gasteiger partial charge in [0.1, 0.15) is 25.2 Å². The zero-order valence-electron chi connectivity index (χ0n) is 36.0. The van der Waals surface area contributed by atoms with E-state index in [1.54, 1.807) is 0 Å². The fourth-order valence-corrected chi connectivity index (χ4v) is 6.78. The normalized spacial score (nSPS) is 12.0. The molecule has 0 aliphatic carbocycles. The summed E-state index contributed by atoms with van der Waals surface area (Å²) in [6.45, 7) is 3.13. The van der Waals surface area contributed by atoms with E-state index in [9.17, 15) is 58.8 Å². The standard InChI is InChI=1S/C43H76N4O12/c1-3-5-7-9-11-13-15-17-20-24-36(48)44-34(42(56)57)26-28-38(50)46(32-40(52)53)30-22-19-23-31-47(33-41(54)55)39(51)29-27-35(43(58)59)45-37(49)25-21-18-16-14-12-10-8-6-4-2/h34-35H,3-33H2,1-2H3,(H,44,48)(H,45,49)(H,52,53)(H,54,55)(H,56,57)(H,58,59). The number of carbonyl (C=O) groups excluding carboxylic acids is 4. The zero-order chi connectivity index (χ0) is 44.3. The minimum absolute atomic E-state index is 0.0136. The summed E-state index contributed by atoms with van der Waals surface area (Å²) < 4.78 is 0. The molecule has 2 atom stereocenters. The molecule has 0 rings (SSSR count). The van der Waals surface area contributed by atoms with Gasteiger partial charge in [-0.3, -0.25) is 28.8 Å². The SMILES string of the molecule is CCCCCCCCCCCC(=O)NC(CCC(=O)N(CCCCCN(CC(=O)O)C(=O)CCC(NC(=O)CCCCCCCCCCC)C(=O)O)CC(=O)O)C(=O)O. The highest BCUT2D eigenvalue weighted by atomic mass is 16.4. The van der Waals surface area contributed by atoms with Crippen LogP contribution in [0.3, 0.4) is 0 Å². The highest BCUT2D eigenvalue weighted by Gasteiger charge is 2.25. The van der Waals surface area contributed by atoms with Crippen LogP contribution < -0.4 is 10.6 Å². The van der Waals surface area contributed by atoms with Crippen molar-refractivity contribution < 1.29 is 58.8 Å². The molecule has 0 saturated heterocycles. The van der Waals surface area contributed by atoms with Crippen molar-refractivity contribution in [3.63, 3.8) is 0 Å². The highest BCUT2D eigenvalue weighted by molar-refractivity contribution is 5.86. The van der Waals surface area contributed by atoms with Gasteiger partial charge >= 0.3 is 23.9 Å². The maximum Gasteiger partial charge on any atom is 0.326 e. The topological polar surface area (TPSA) is 248 Å². The van der Waals surface area contributed by atoms with Crippen LogP contribution in [0.4, 0.5) is 0 Å². The Morgan fingerprint density at radius 1 is 0.407 bits per heavy atom. The second kappa shape index (κ2) is 35.7. The van der Waals surface area contributed by atoms with Gasteiger partial charge in [-0.25, -0.2) is 9.59 Å². The van der Waals surface area contributed by atoms with Crippen LogP contribution in [-0.2, 0) is 38.4 Å². The lowest BCUT2D eigenvalue weighted by atomic mass is 10.1. The van der Waals surface area contributed by atoms with E-state index in [2.05, 4.69) is 24.5 Å². The van der Waals surface area contributed by atoms with Gasteiger partial charge in [-0.1, -0.05) is 117 Å². The Morgan fingerprint density at radius 2 is 0.695 bits per heavy atom. The molecule has 0 aromatic carbocycles. The monoisotopic (exact) mass is 841 g/mol. The number of unbranched alkanes of at least 4 members (excludes halogenated alkanes) is 18. The average molecular weight is 841 g/mol. The molecule has 0 aromatic rings. The van der Waals surface area contributed by atoms with Crippen LogP contribution in [0.25, 0.3) is 0 Å². The van der Waals surface area contributed by atoms with E-state index in [0.29, 0.717) is 32.1 Å². The molecule has 0 bridgehead atoms. The van der Waals surface area contributed by atoms with Gasteiger partial charge in [0.15, 0.2) is 0 Å². The molecule has 6 N–H and O–H groups in total. The van der Waals surface area contributed by atoms with Gasteiger partial charge in [-0.15, -0.1) is 0 Å². The Balaban J connectivity index is 4.80. The third kappa shape index (κ3) is 31.4. The van der Waals surface area contributed by atoms with E-state index < -0.39 is 72.7 Å². The number of nitrogens with one attached hydrogen (secondary N) is 2. The number of amides is 4. The van der Waals surface area contributed by atoms with Crippen LogP contribution in [0.1, 0.15) is 187 Å². The minimum atomic E-state index is -1.30. The van der Waals surface area contributed by atoms with Crippen molar-refractivity contribution in [1.29, 1.82) is 0 Å². The first-order chi connectivity index (χ1) is 28.2. The molecule has 0 saturated carbocycles. The van der Waals surface area contributed by atoms with E-state index in [0.717, 1.165) is 61.2 Å². The average Bonchev–Trinajstić information content (AvgIpc) is 3.17. The molecule has 2 unspecified atom stereocenters. The summed E-state index contributed by atoms with van der Waals surface area (Å²) in [4.78, 5) is 99.6. The van der Waals surface area contributed by atoms with Crippen LogP contribution in [0.2, 0.25) is 0 Å². The number of carbonyl (C=O) groups is 8. The summed E-state index contributed by atoms with van der Waals surface area (Å²) in [5.74, 6) is -7.14. The quantitative estimate of drug-likeness (QED) is 0.0361. The van der Waals surface area contributed by atoms with Gasteiger partial charge in [-0.05, 0) is 44.9 Å². The number of carboxylic acid groups (broad SMARTS) is 4. The summed E-state index contributed by atoms with van der Waals surface area (Å²) in [6, 6.07) is -2.61. The lowest BCUT2D eigenvalue weighted by Crippen LogP contribution is -2.43. The Morgan fingerprint density at radius 3 is 0.983 bits per heavy atom. The van der Waals surface area contributed by atoms with Crippen molar-refractivity contribution in [1.82, 2.24) is 20.4 Å². The van der Waals surface area contributed by atoms with Crippen molar-refractivity contribution in [2.75, 3.05) is 26.2 Å². The van der Waals surface area contributed by atoms with E-state index >= 15 is 0 Å². The van der Waals surface area contributed by atoms with E-state index in [1.165, 1.54) is 51.4 Å². The summed E-state index contributed by atoms with van der Waals surface area (Å²) in [5.41, 5.74) is 0. The maximum atomic E-state index is 13.0. The van der Waals surface area contributed by atoms with Gasteiger partial charge in [0.25, 0.3) is 0 Å². The summed E-state index contributed by atoms with van der Waals surface area (Å²) in [7, 11) is 0. The van der Waals surface area contributed by atoms with Crippen LogP contribution in [0, 0.1) is 0 Å².